The standard InChI is InChI=1S/C19H16Cl2O5/c1-24-17-10-12(9-15(21)19(17)25-2)3-8-18(23)26-11-16(22)13-4-6-14(20)7-5-13/h3-10H,11H2,1-2H3/b8-3+. The molecule has 0 saturated heterocycles. The third-order valence-electron chi connectivity index (χ3n) is 3.38. The molecule has 0 amide bonds. The lowest BCUT2D eigenvalue weighted by Gasteiger charge is -2.10. The third-order valence-corrected chi connectivity index (χ3v) is 3.91. The largest absolute Gasteiger partial charge is 0.493 e. The van der Waals surface area contributed by atoms with Crippen LogP contribution in [0.2, 0.25) is 10.0 Å². The average molecular weight is 395 g/mol. The van der Waals surface area contributed by atoms with Crippen LogP contribution in [0.1, 0.15) is 15.9 Å². The highest BCUT2D eigenvalue weighted by atomic mass is 35.5. The van der Waals surface area contributed by atoms with E-state index in [4.69, 9.17) is 37.4 Å². The van der Waals surface area contributed by atoms with E-state index in [1.54, 1.807) is 36.4 Å². The van der Waals surface area contributed by atoms with Gasteiger partial charge in [0.15, 0.2) is 23.9 Å². The Balaban J connectivity index is 1.98. The molecule has 0 fully saturated rings. The first-order chi connectivity index (χ1) is 12.4. The molecule has 0 saturated carbocycles. The fraction of sp³-hybridized carbons (Fsp3) is 0.158. The Hall–Kier alpha value is -2.50. The number of Topliss-reactive ketones (excluding diaryl/α,β-unsaturated/α-hetero) is 1. The Morgan fingerprint density at radius 3 is 2.35 bits per heavy atom. The highest BCUT2D eigenvalue weighted by molar-refractivity contribution is 6.32. The minimum atomic E-state index is -0.654. The Labute approximate surface area is 161 Å². The zero-order valence-corrected chi connectivity index (χ0v) is 15.6. The first-order valence-electron chi connectivity index (χ1n) is 7.49. The number of ketones is 1. The van der Waals surface area contributed by atoms with Crippen molar-refractivity contribution in [2.75, 3.05) is 20.8 Å². The van der Waals surface area contributed by atoms with Crippen LogP contribution in [-0.4, -0.2) is 32.6 Å². The second-order valence-electron chi connectivity index (χ2n) is 5.11. The highest BCUT2D eigenvalue weighted by Crippen LogP contribution is 2.36. The molecule has 0 N–H and O–H groups in total. The summed E-state index contributed by atoms with van der Waals surface area (Å²) in [5, 5.41) is 0.868. The van der Waals surface area contributed by atoms with Gasteiger partial charge in [-0.25, -0.2) is 4.79 Å². The van der Waals surface area contributed by atoms with E-state index < -0.39 is 5.97 Å². The molecule has 0 aliphatic rings. The van der Waals surface area contributed by atoms with Gasteiger partial charge < -0.3 is 14.2 Å². The van der Waals surface area contributed by atoms with E-state index in [0.29, 0.717) is 32.7 Å². The minimum Gasteiger partial charge on any atom is -0.493 e. The van der Waals surface area contributed by atoms with Crippen LogP contribution >= 0.6 is 23.2 Å². The zero-order valence-electron chi connectivity index (χ0n) is 14.1. The molecule has 0 radical (unpaired) electrons. The van der Waals surface area contributed by atoms with Gasteiger partial charge in [-0.15, -0.1) is 0 Å². The van der Waals surface area contributed by atoms with E-state index in [-0.39, 0.29) is 12.4 Å². The Morgan fingerprint density at radius 2 is 1.73 bits per heavy atom. The molecule has 26 heavy (non-hydrogen) atoms. The number of benzene rings is 2. The van der Waals surface area contributed by atoms with E-state index in [0.717, 1.165) is 0 Å². The first-order valence-corrected chi connectivity index (χ1v) is 8.25. The van der Waals surface area contributed by atoms with Crippen LogP contribution < -0.4 is 9.47 Å². The lowest BCUT2D eigenvalue weighted by Crippen LogP contribution is -2.12. The van der Waals surface area contributed by atoms with Gasteiger partial charge in [0.2, 0.25) is 0 Å². The molecule has 2 rings (SSSR count). The van der Waals surface area contributed by atoms with E-state index in [9.17, 15) is 9.59 Å². The number of esters is 1. The van der Waals surface area contributed by atoms with Gasteiger partial charge >= 0.3 is 5.97 Å². The van der Waals surface area contributed by atoms with E-state index in [2.05, 4.69) is 0 Å². The van der Waals surface area contributed by atoms with Gasteiger partial charge in [0, 0.05) is 16.7 Å². The fourth-order valence-electron chi connectivity index (χ4n) is 2.10. The van der Waals surface area contributed by atoms with E-state index >= 15 is 0 Å². The van der Waals surface area contributed by atoms with Crippen molar-refractivity contribution >= 4 is 41.0 Å². The fourth-order valence-corrected chi connectivity index (χ4v) is 2.52. The van der Waals surface area contributed by atoms with Crippen molar-refractivity contribution in [2.24, 2.45) is 0 Å². The van der Waals surface area contributed by atoms with E-state index in [1.807, 2.05) is 0 Å². The first kappa shape index (κ1) is 19.8. The van der Waals surface area contributed by atoms with Crippen LogP contribution in [0.5, 0.6) is 11.5 Å². The smallest absolute Gasteiger partial charge is 0.331 e. The molecule has 2 aromatic carbocycles. The van der Waals surface area contributed by atoms with Crippen LogP contribution in [0.4, 0.5) is 0 Å². The van der Waals surface area contributed by atoms with Crippen molar-refractivity contribution in [1.82, 2.24) is 0 Å². The summed E-state index contributed by atoms with van der Waals surface area (Å²) in [7, 11) is 2.96. The molecular formula is C19H16Cl2O5. The molecule has 136 valence electrons. The molecular weight excluding hydrogens is 379 g/mol. The number of hydrogen-bond acceptors (Lipinski definition) is 5. The summed E-state index contributed by atoms with van der Waals surface area (Å²) >= 11 is 11.9. The van der Waals surface area contributed by atoms with E-state index in [1.165, 1.54) is 26.4 Å². The topological polar surface area (TPSA) is 61.8 Å². The predicted molar refractivity (Wildman–Crippen MR) is 100 cm³/mol. The quantitative estimate of drug-likeness (QED) is 0.394. The summed E-state index contributed by atoms with van der Waals surface area (Å²) in [6.07, 6.45) is 2.70. The number of carbonyl (C=O) groups is 2. The van der Waals surface area contributed by atoms with Crippen molar-refractivity contribution < 1.29 is 23.8 Å². The van der Waals surface area contributed by atoms with Crippen molar-refractivity contribution in [3.05, 3.63) is 63.6 Å². The molecule has 0 spiro atoms. The van der Waals surface area contributed by atoms with Crippen LogP contribution in [-0.2, 0) is 9.53 Å². The summed E-state index contributed by atoms with van der Waals surface area (Å²) in [4.78, 5) is 23.7. The maximum Gasteiger partial charge on any atom is 0.331 e. The summed E-state index contributed by atoms with van der Waals surface area (Å²) < 4.78 is 15.3. The molecule has 0 heterocycles. The normalized spacial score (nSPS) is 10.6. The molecule has 2 aromatic rings. The zero-order chi connectivity index (χ0) is 19.1. The number of methoxy groups -OCH3 is 2. The van der Waals surface area contributed by atoms with Crippen LogP contribution in [0.25, 0.3) is 6.08 Å². The maximum atomic E-state index is 11.9. The Bertz CT molecular complexity index is 829. The number of carbonyl (C=O) groups excluding carboxylic acids is 2. The highest BCUT2D eigenvalue weighted by Gasteiger charge is 2.11. The van der Waals surface area contributed by atoms with Crippen molar-refractivity contribution in [2.45, 2.75) is 0 Å². The van der Waals surface area contributed by atoms with Crippen LogP contribution in [0, 0.1) is 0 Å². The lowest BCUT2D eigenvalue weighted by molar-refractivity contribution is -0.136. The second-order valence-corrected chi connectivity index (χ2v) is 5.95. The van der Waals surface area contributed by atoms with Crippen molar-refractivity contribution in [3.8, 4) is 11.5 Å². The van der Waals surface area contributed by atoms with Gasteiger partial charge in [0.05, 0.1) is 19.2 Å². The molecule has 0 atom stereocenters. The third kappa shape index (κ3) is 5.25. The summed E-state index contributed by atoms with van der Waals surface area (Å²) in [6.45, 7) is -0.364. The maximum absolute atomic E-state index is 11.9. The number of halogens is 2. The average Bonchev–Trinajstić information content (AvgIpc) is 2.64. The Morgan fingerprint density at radius 1 is 1.04 bits per heavy atom. The number of ether oxygens (including phenoxy) is 3. The van der Waals surface area contributed by atoms with Gasteiger partial charge in [0.25, 0.3) is 0 Å². The number of rotatable bonds is 7. The lowest BCUT2D eigenvalue weighted by atomic mass is 10.1. The van der Waals surface area contributed by atoms with Crippen LogP contribution in [0.3, 0.4) is 0 Å². The number of hydrogen-bond donors (Lipinski definition) is 0. The summed E-state index contributed by atoms with van der Waals surface area (Å²) in [5.41, 5.74) is 1.03. The van der Waals surface area contributed by atoms with Gasteiger partial charge in [-0.3, -0.25) is 4.79 Å². The predicted octanol–water partition coefficient (Wildman–Crippen LogP) is 4.45. The van der Waals surface area contributed by atoms with Crippen molar-refractivity contribution in [1.29, 1.82) is 0 Å². The molecule has 0 bridgehead atoms. The summed E-state index contributed by atoms with van der Waals surface area (Å²) in [6, 6.07) is 9.60. The van der Waals surface area contributed by atoms with Crippen LogP contribution in [0.15, 0.2) is 42.5 Å². The monoisotopic (exact) mass is 394 g/mol. The minimum absolute atomic E-state index is 0.322. The second kappa shape index (κ2) is 9.27. The molecule has 0 aliphatic heterocycles. The molecule has 7 heteroatoms. The van der Waals surface area contributed by atoms with Gasteiger partial charge in [-0.05, 0) is 48.0 Å². The van der Waals surface area contributed by atoms with Gasteiger partial charge in [-0.2, -0.15) is 0 Å². The molecule has 0 unspecified atom stereocenters. The van der Waals surface area contributed by atoms with Gasteiger partial charge in [0.1, 0.15) is 0 Å². The molecule has 0 aliphatic carbocycles. The van der Waals surface area contributed by atoms with Crippen molar-refractivity contribution in [3.63, 3.8) is 0 Å². The SMILES string of the molecule is COc1cc(/C=C/C(=O)OCC(=O)c2ccc(Cl)cc2)cc(Cl)c1OC. The Kier molecular flexibility index (Phi) is 7.06. The molecule has 0 aromatic heterocycles. The molecule has 5 nitrogen and oxygen atoms in total. The van der Waals surface area contributed by atoms with Gasteiger partial charge in [-0.1, -0.05) is 23.2 Å². The summed E-state index contributed by atoms with van der Waals surface area (Å²) in [5.74, 6) is -0.135.